The maximum Gasteiger partial charge on any atom is 0.266 e. The molecule has 176 valence electrons. The van der Waals surface area contributed by atoms with Crippen LogP contribution in [-0.2, 0) is 17.6 Å². The number of methoxy groups -OCH3 is 2. The fourth-order valence-electron chi connectivity index (χ4n) is 4.65. The summed E-state index contributed by atoms with van der Waals surface area (Å²) in [6.45, 7) is 1.90. The molecular weight excluding hydrogens is 448 g/mol. The molecule has 1 aromatic carbocycles. The zero-order chi connectivity index (χ0) is 24.1. The minimum Gasteiger partial charge on any atom is -0.496 e. The van der Waals surface area contributed by atoms with E-state index in [1.54, 1.807) is 20.3 Å². The third kappa shape index (κ3) is 4.73. The Morgan fingerprint density at radius 3 is 2.47 bits per heavy atom. The minimum absolute atomic E-state index is 0.0682. The number of thiophene rings is 1. The van der Waals surface area contributed by atoms with E-state index in [4.69, 9.17) is 9.47 Å². The van der Waals surface area contributed by atoms with Crippen LogP contribution in [0.15, 0.2) is 17.7 Å². The van der Waals surface area contributed by atoms with Gasteiger partial charge in [-0.3, -0.25) is 4.79 Å². The van der Waals surface area contributed by atoms with E-state index in [-0.39, 0.29) is 5.57 Å². The van der Waals surface area contributed by atoms with Gasteiger partial charge in [0.05, 0.1) is 25.5 Å². The van der Waals surface area contributed by atoms with Crippen LogP contribution in [0, 0.1) is 22.7 Å². The second-order valence-corrected chi connectivity index (χ2v) is 9.57. The third-order valence-corrected chi connectivity index (χ3v) is 7.61. The van der Waals surface area contributed by atoms with E-state index >= 15 is 0 Å². The molecule has 1 aromatic heterocycles. The summed E-state index contributed by atoms with van der Waals surface area (Å²) >= 11 is 1.44. The van der Waals surface area contributed by atoms with Crippen LogP contribution in [0.4, 0.5) is 10.7 Å². The number of aryl methyl sites for hydroxylation is 1. The fourth-order valence-corrected chi connectivity index (χ4v) is 5.88. The van der Waals surface area contributed by atoms with Gasteiger partial charge in [-0.25, -0.2) is 0 Å². The highest BCUT2D eigenvalue weighted by Gasteiger charge is 2.23. The second kappa shape index (κ2) is 10.6. The SMILES string of the molecule is COc1cc(N2CCCCC2)c(OC)cc1/C=C(\C#N)C(=O)Nc1sc2c(c1C#N)CCCC2. The van der Waals surface area contributed by atoms with E-state index < -0.39 is 5.91 Å². The number of nitriles is 2. The summed E-state index contributed by atoms with van der Waals surface area (Å²) in [6.07, 6.45) is 8.89. The molecule has 0 unspecified atom stereocenters. The first-order valence-corrected chi connectivity index (χ1v) is 12.4. The number of benzene rings is 1. The quantitative estimate of drug-likeness (QED) is 0.463. The molecule has 2 heterocycles. The van der Waals surface area contributed by atoms with Gasteiger partial charge >= 0.3 is 0 Å². The lowest BCUT2D eigenvalue weighted by molar-refractivity contribution is -0.112. The van der Waals surface area contributed by atoms with Crippen LogP contribution in [0.5, 0.6) is 11.5 Å². The van der Waals surface area contributed by atoms with Crippen molar-refractivity contribution in [3.8, 4) is 23.6 Å². The number of rotatable bonds is 6. The largest absolute Gasteiger partial charge is 0.496 e. The maximum atomic E-state index is 13.0. The Labute approximate surface area is 204 Å². The zero-order valence-corrected chi connectivity index (χ0v) is 20.4. The van der Waals surface area contributed by atoms with Gasteiger partial charge in [-0.05, 0) is 62.7 Å². The summed E-state index contributed by atoms with van der Waals surface area (Å²) in [4.78, 5) is 16.4. The lowest BCUT2D eigenvalue weighted by atomic mass is 9.96. The molecule has 7 nitrogen and oxygen atoms in total. The molecule has 1 aliphatic heterocycles. The number of anilines is 2. The maximum absolute atomic E-state index is 13.0. The van der Waals surface area contributed by atoms with Crippen molar-refractivity contribution in [3.63, 3.8) is 0 Å². The van der Waals surface area contributed by atoms with Crippen molar-refractivity contribution in [1.82, 2.24) is 0 Å². The van der Waals surface area contributed by atoms with Gasteiger partial charge in [0.2, 0.25) is 0 Å². The van der Waals surface area contributed by atoms with Crippen LogP contribution in [0.25, 0.3) is 6.08 Å². The predicted molar refractivity (Wildman–Crippen MR) is 134 cm³/mol. The average Bonchev–Trinajstić information content (AvgIpc) is 3.23. The van der Waals surface area contributed by atoms with Crippen LogP contribution in [0.1, 0.15) is 53.7 Å². The van der Waals surface area contributed by atoms with Crippen LogP contribution in [0.3, 0.4) is 0 Å². The van der Waals surface area contributed by atoms with Crippen LogP contribution >= 0.6 is 11.3 Å². The molecule has 4 rings (SSSR count). The number of hydrogen-bond donors (Lipinski definition) is 1. The van der Waals surface area contributed by atoms with Gasteiger partial charge in [0.25, 0.3) is 5.91 Å². The standard InChI is InChI=1S/C26H28N4O3S/c1-32-22-14-21(30-10-6-3-7-11-30)23(33-2)13-17(22)12-18(15-27)25(31)29-26-20(16-28)19-8-4-5-9-24(19)34-26/h12-14H,3-11H2,1-2H3,(H,29,31)/b18-12+. The van der Waals surface area contributed by atoms with E-state index in [1.807, 2.05) is 12.1 Å². The Morgan fingerprint density at radius 2 is 1.79 bits per heavy atom. The smallest absolute Gasteiger partial charge is 0.266 e. The first-order valence-electron chi connectivity index (χ1n) is 11.6. The number of piperidine rings is 1. The number of hydrogen-bond acceptors (Lipinski definition) is 7. The second-order valence-electron chi connectivity index (χ2n) is 8.46. The molecule has 0 saturated carbocycles. The predicted octanol–water partition coefficient (Wildman–Crippen LogP) is 5.05. The molecule has 34 heavy (non-hydrogen) atoms. The average molecular weight is 477 g/mol. The minimum atomic E-state index is -0.543. The van der Waals surface area contributed by atoms with Gasteiger partial charge in [-0.2, -0.15) is 10.5 Å². The number of fused-ring (bicyclic) bond motifs is 1. The summed E-state index contributed by atoms with van der Waals surface area (Å²) in [6, 6.07) is 7.95. The number of nitrogens with one attached hydrogen (secondary N) is 1. The Balaban J connectivity index is 1.64. The van der Waals surface area contributed by atoms with Crippen LogP contribution < -0.4 is 19.7 Å². The highest BCUT2D eigenvalue weighted by Crippen LogP contribution is 2.39. The number of nitrogens with zero attached hydrogens (tertiary/aromatic N) is 3. The van der Waals surface area contributed by atoms with Crippen LogP contribution in [0.2, 0.25) is 0 Å². The molecule has 0 bridgehead atoms. The van der Waals surface area contributed by atoms with Gasteiger partial charge in [0.15, 0.2) is 0 Å². The molecule has 0 atom stereocenters. The molecule has 0 radical (unpaired) electrons. The Bertz CT molecular complexity index is 1200. The van der Waals surface area contributed by atoms with Crippen molar-refractivity contribution < 1.29 is 14.3 Å². The summed E-state index contributed by atoms with van der Waals surface area (Å²) in [5, 5.41) is 22.7. The number of carbonyl (C=O) groups excluding carboxylic acids is 1. The number of amides is 1. The molecule has 1 amide bonds. The van der Waals surface area contributed by atoms with Crippen molar-refractivity contribution in [3.05, 3.63) is 39.3 Å². The summed E-state index contributed by atoms with van der Waals surface area (Å²) in [5.74, 6) is 0.689. The number of carbonyl (C=O) groups is 1. The molecule has 1 aliphatic carbocycles. The Kier molecular flexibility index (Phi) is 7.40. The first-order chi connectivity index (χ1) is 16.6. The lowest BCUT2D eigenvalue weighted by Gasteiger charge is -2.30. The van der Waals surface area contributed by atoms with E-state index in [0.29, 0.717) is 27.6 Å². The molecule has 2 aliphatic rings. The molecule has 1 saturated heterocycles. The van der Waals surface area contributed by atoms with Crippen molar-refractivity contribution >= 4 is 34.0 Å². The lowest BCUT2D eigenvalue weighted by Crippen LogP contribution is -2.29. The van der Waals surface area contributed by atoms with Gasteiger partial charge in [-0.1, -0.05) is 0 Å². The van der Waals surface area contributed by atoms with Gasteiger partial charge in [0, 0.05) is 29.6 Å². The normalized spacial score (nSPS) is 15.6. The van der Waals surface area contributed by atoms with Crippen molar-refractivity contribution in [2.45, 2.75) is 44.9 Å². The summed E-state index contributed by atoms with van der Waals surface area (Å²) in [5.41, 5.74) is 3.02. The molecule has 8 heteroatoms. The molecule has 2 aromatic rings. The monoisotopic (exact) mass is 476 g/mol. The summed E-state index contributed by atoms with van der Waals surface area (Å²) < 4.78 is 11.2. The van der Waals surface area contributed by atoms with Gasteiger partial charge < -0.3 is 19.7 Å². The fraction of sp³-hybridized carbons (Fsp3) is 0.423. The van der Waals surface area contributed by atoms with E-state index in [9.17, 15) is 15.3 Å². The van der Waals surface area contributed by atoms with Crippen LogP contribution in [-0.4, -0.2) is 33.2 Å². The molecule has 0 spiro atoms. The Hall–Kier alpha value is -3.49. The summed E-state index contributed by atoms with van der Waals surface area (Å²) in [7, 11) is 3.18. The zero-order valence-electron chi connectivity index (χ0n) is 19.6. The topological polar surface area (TPSA) is 98.4 Å². The molecular formula is C26H28N4O3S. The van der Waals surface area contributed by atoms with Gasteiger partial charge in [-0.15, -0.1) is 11.3 Å². The van der Waals surface area contributed by atoms with E-state index in [2.05, 4.69) is 16.3 Å². The van der Waals surface area contributed by atoms with E-state index in [0.717, 1.165) is 67.7 Å². The third-order valence-electron chi connectivity index (χ3n) is 6.40. The van der Waals surface area contributed by atoms with Crippen molar-refractivity contribution in [2.24, 2.45) is 0 Å². The van der Waals surface area contributed by atoms with Crippen molar-refractivity contribution in [2.75, 3.05) is 37.5 Å². The Morgan fingerprint density at radius 1 is 1.06 bits per heavy atom. The number of ether oxygens (including phenoxy) is 2. The van der Waals surface area contributed by atoms with Crippen molar-refractivity contribution in [1.29, 1.82) is 10.5 Å². The highest BCUT2D eigenvalue weighted by atomic mass is 32.1. The van der Waals surface area contributed by atoms with Gasteiger partial charge in [0.1, 0.15) is 34.2 Å². The molecule has 1 N–H and O–H groups in total. The molecule has 1 fully saturated rings. The first kappa shape index (κ1) is 23.7. The van der Waals surface area contributed by atoms with E-state index in [1.165, 1.54) is 23.8 Å². The highest BCUT2D eigenvalue weighted by molar-refractivity contribution is 7.16.